The number of pyridine rings is 1. The third kappa shape index (κ3) is 2.95. The number of aryl methyl sites for hydroxylation is 1. The van der Waals surface area contributed by atoms with Crippen LogP contribution in [0.1, 0.15) is 5.89 Å². The monoisotopic (exact) mass is 383 g/mol. The second kappa shape index (κ2) is 6.60. The molecule has 1 N–H and O–H groups in total. The van der Waals surface area contributed by atoms with Gasteiger partial charge in [0.1, 0.15) is 12.1 Å². The standard InChI is InChI=1S/C23H17N3O3/c1-14-24-18-12-15(10-11-21(18)29-14)25-22(27)13-26-19-8-4-2-6-16(19)23(28)17-7-3-5-9-20(17)26/h2-12H,13H2,1H3,(H,25,27). The largest absolute Gasteiger partial charge is 0.441 e. The first-order chi connectivity index (χ1) is 14.1. The molecule has 0 saturated carbocycles. The summed E-state index contributed by atoms with van der Waals surface area (Å²) >= 11 is 0. The van der Waals surface area contributed by atoms with E-state index in [2.05, 4.69) is 10.3 Å². The Labute approximate surface area is 165 Å². The van der Waals surface area contributed by atoms with Crippen LogP contribution in [-0.4, -0.2) is 15.5 Å². The summed E-state index contributed by atoms with van der Waals surface area (Å²) in [4.78, 5) is 30.0. The second-order valence-electron chi connectivity index (χ2n) is 6.91. The van der Waals surface area contributed by atoms with Crippen molar-refractivity contribution in [2.75, 3.05) is 5.32 Å². The number of fused-ring (bicyclic) bond motifs is 3. The quantitative estimate of drug-likeness (QED) is 0.473. The van der Waals surface area contributed by atoms with E-state index in [0.29, 0.717) is 33.5 Å². The van der Waals surface area contributed by atoms with E-state index >= 15 is 0 Å². The van der Waals surface area contributed by atoms with Crippen molar-refractivity contribution in [2.24, 2.45) is 0 Å². The minimum absolute atomic E-state index is 0.0280. The minimum Gasteiger partial charge on any atom is -0.441 e. The van der Waals surface area contributed by atoms with Crippen LogP contribution in [0.2, 0.25) is 0 Å². The zero-order valence-electron chi connectivity index (χ0n) is 15.7. The topological polar surface area (TPSA) is 77.1 Å². The van der Waals surface area contributed by atoms with Gasteiger partial charge in [0, 0.05) is 23.4 Å². The maximum atomic E-state index is 12.8. The predicted octanol–water partition coefficient (Wildman–Crippen LogP) is 4.24. The lowest BCUT2D eigenvalue weighted by Gasteiger charge is -2.15. The molecule has 0 unspecified atom stereocenters. The maximum absolute atomic E-state index is 12.8. The van der Waals surface area contributed by atoms with Crippen molar-refractivity contribution in [3.8, 4) is 0 Å². The number of oxazole rings is 1. The number of anilines is 1. The van der Waals surface area contributed by atoms with Crippen molar-refractivity contribution in [1.29, 1.82) is 0 Å². The molecular formula is C23H17N3O3. The van der Waals surface area contributed by atoms with Crippen LogP contribution >= 0.6 is 0 Å². The van der Waals surface area contributed by atoms with Gasteiger partial charge in [-0.1, -0.05) is 24.3 Å². The van der Waals surface area contributed by atoms with Crippen molar-refractivity contribution < 1.29 is 9.21 Å². The van der Waals surface area contributed by atoms with Gasteiger partial charge in [0.05, 0.1) is 11.0 Å². The highest BCUT2D eigenvalue weighted by molar-refractivity contribution is 5.97. The van der Waals surface area contributed by atoms with E-state index in [1.165, 1.54) is 0 Å². The Bertz CT molecular complexity index is 1400. The number of rotatable bonds is 3. The number of carbonyl (C=O) groups excluding carboxylic acids is 1. The number of carbonyl (C=O) groups is 1. The van der Waals surface area contributed by atoms with Crippen LogP contribution in [0.5, 0.6) is 0 Å². The van der Waals surface area contributed by atoms with Crippen molar-refractivity contribution in [3.63, 3.8) is 0 Å². The number of aromatic nitrogens is 2. The summed E-state index contributed by atoms with van der Waals surface area (Å²) in [6.07, 6.45) is 0. The van der Waals surface area contributed by atoms with Crippen molar-refractivity contribution in [1.82, 2.24) is 9.55 Å². The molecule has 0 aliphatic heterocycles. The second-order valence-corrected chi connectivity index (χ2v) is 6.91. The van der Waals surface area contributed by atoms with Gasteiger partial charge in [0.15, 0.2) is 16.9 Å². The highest BCUT2D eigenvalue weighted by Gasteiger charge is 2.13. The summed E-state index contributed by atoms with van der Waals surface area (Å²) in [5.41, 5.74) is 3.45. The SMILES string of the molecule is Cc1nc2cc(NC(=O)Cn3c4ccccc4c(=O)c4ccccc43)ccc2o1. The van der Waals surface area contributed by atoms with E-state index < -0.39 is 0 Å². The summed E-state index contributed by atoms with van der Waals surface area (Å²) in [6, 6.07) is 20.1. The van der Waals surface area contributed by atoms with E-state index in [1.54, 1.807) is 37.3 Å². The van der Waals surface area contributed by atoms with Gasteiger partial charge in [-0.05, 0) is 42.5 Å². The zero-order chi connectivity index (χ0) is 20.0. The fourth-order valence-electron chi connectivity index (χ4n) is 3.71. The van der Waals surface area contributed by atoms with Gasteiger partial charge in [-0.2, -0.15) is 0 Å². The van der Waals surface area contributed by atoms with Gasteiger partial charge in [-0.3, -0.25) is 9.59 Å². The molecule has 0 aliphatic carbocycles. The van der Waals surface area contributed by atoms with Crippen LogP contribution < -0.4 is 10.7 Å². The van der Waals surface area contributed by atoms with Gasteiger partial charge in [0.2, 0.25) is 5.91 Å². The molecule has 6 nitrogen and oxygen atoms in total. The molecule has 0 spiro atoms. The summed E-state index contributed by atoms with van der Waals surface area (Å²) in [5, 5.41) is 4.11. The first-order valence-electron chi connectivity index (χ1n) is 9.27. The molecule has 0 aliphatic rings. The first-order valence-corrected chi connectivity index (χ1v) is 9.27. The van der Waals surface area contributed by atoms with Gasteiger partial charge in [0.25, 0.3) is 0 Å². The zero-order valence-corrected chi connectivity index (χ0v) is 15.7. The summed E-state index contributed by atoms with van der Waals surface area (Å²) in [5.74, 6) is 0.387. The third-order valence-electron chi connectivity index (χ3n) is 4.96. The van der Waals surface area contributed by atoms with Crippen LogP contribution in [0, 0.1) is 6.92 Å². The molecule has 0 bridgehead atoms. The van der Waals surface area contributed by atoms with Crippen molar-refractivity contribution in [2.45, 2.75) is 13.5 Å². The number of nitrogens with one attached hydrogen (secondary N) is 1. The van der Waals surface area contributed by atoms with Gasteiger partial charge < -0.3 is 14.3 Å². The number of para-hydroxylation sites is 2. The van der Waals surface area contributed by atoms with Crippen molar-refractivity contribution >= 4 is 44.5 Å². The Balaban J connectivity index is 1.55. The Morgan fingerprint density at radius 3 is 2.34 bits per heavy atom. The molecule has 29 heavy (non-hydrogen) atoms. The molecule has 0 saturated heterocycles. The Morgan fingerprint density at radius 2 is 1.66 bits per heavy atom. The number of amides is 1. The van der Waals surface area contributed by atoms with Crippen molar-refractivity contribution in [3.05, 3.63) is 82.8 Å². The van der Waals surface area contributed by atoms with E-state index in [0.717, 1.165) is 11.0 Å². The normalized spacial score (nSPS) is 11.3. The van der Waals surface area contributed by atoms with Gasteiger partial charge in [-0.25, -0.2) is 4.98 Å². The molecule has 6 heteroatoms. The molecule has 3 aromatic carbocycles. The summed E-state index contributed by atoms with van der Waals surface area (Å²) in [7, 11) is 0. The van der Waals surface area contributed by atoms with Gasteiger partial charge in [-0.15, -0.1) is 0 Å². The van der Waals surface area contributed by atoms with Crippen LogP contribution in [0.4, 0.5) is 5.69 Å². The Hall–Kier alpha value is -3.93. The molecule has 1 amide bonds. The number of benzene rings is 3. The molecule has 142 valence electrons. The Morgan fingerprint density at radius 1 is 1.00 bits per heavy atom. The first kappa shape index (κ1) is 17.2. The number of hydrogen-bond acceptors (Lipinski definition) is 4. The third-order valence-corrected chi connectivity index (χ3v) is 4.96. The van der Waals surface area contributed by atoms with Crippen LogP contribution in [0.3, 0.4) is 0 Å². The number of nitrogens with zero attached hydrogens (tertiary/aromatic N) is 2. The summed E-state index contributed by atoms with van der Waals surface area (Å²) in [6.45, 7) is 1.86. The fraction of sp³-hybridized carbons (Fsp3) is 0.0870. The average Bonchev–Trinajstić information content (AvgIpc) is 3.10. The minimum atomic E-state index is -0.191. The fourth-order valence-corrected chi connectivity index (χ4v) is 3.71. The Kier molecular flexibility index (Phi) is 3.91. The van der Waals surface area contributed by atoms with E-state index in [4.69, 9.17) is 4.42 Å². The molecule has 2 heterocycles. The lowest BCUT2D eigenvalue weighted by molar-refractivity contribution is -0.116. The maximum Gasteiger partial charge on any atom is 0.244 e. The molecule has 5 rings (SSSR count). The molecular weight excluding hydrogens is 366 g/mol. The molecule has 0 fully saturated rings. The number of hydrogen-bond donors (Lipinski definition) is 1. The molecule has 0 atom stereocenters. The van der Waals surface area contributed by atoms with Crippen LogP contribution in [0.15, 0.2) is 75.9 Å². The molecule has 2 aromatic heterocycles. The van der Waals surface area contributed by atoms with Crippen LogP contribution in [0.25, 0.3) is 32.9 Å². The lowest BCUT2D eigenvalue weighted by atomic mass is 10.1. The van der Waals surface area contributed by atoms with E-state index in [1.807, 2.05) is 41.0 Å². The van der Waals surface area contributed by atoms with E-state index in [9.17, 15) is 9.59 Å². The van der Waals surface area contributed by atoms with E-state index in [-0.39, 0.29) is 17.9 Å². The predicted molar refractivity (Wildman–Crippen MR) is 113 cm³/mol. The molecule has 5 aromatic rings. The molecule has 0 radical (unpaired) electrons. The highest BCUT2D eigenvalue weighted by atomic mass is 16.3. The summed E-state index contributed by atoms with van der Waals surface area (Å²) < 4.78 is 7.35. The highest BCUT2D eigenvalue weighted by Crippen LogP contribution is 2.21. The smallest absolute Gasteiger partial charge is 0.244 e. The lowest BCUT2D eigenvalue weighted by Crippen LogP contribution is -2.21. The van der Waals surface area contributed by atoms with Gasteiger partial charge >= 0.3 is 0 Å². The van der Waals surface area contributed by atoms with Crippen LogP contribution in [-0.2, 0) is 11.3 Å². The average molecular weight is 383 g/mol.